The van der Waals surface area contributed by atoms with E-state index in [-0.39, 0.29) is 30.2 Å². The molecule has 2 N–H and O–H groups in total. The molecule has 4 nitrogen and oxygen atoms in total. The van der Waals surface area contributed by atoms with E-state index in [9.17, 15) is 9.18 Å². The van der Waals surface area contributed by atoms with E-state index in [0.717, 1.165) is 31.5 Å². The van der Waals surface area contributed by atoms with Crippen LogP contribution >= 0.6 is 12.4 Å². The number of amides is 1. The standard InChI is InChI=1S/C19H25FN2O2.ClH/c20-15-4-2-14(3-5-15)19(7-9-24-10-8-19)18(23)22-11-13-1-6-17(21)16(13)12-22;/h2-5,13,16-17H,1,6-12,21H2;1H. The molecule has 3 aliphatic rings. The lowest BCUT2D eigenvalue weighted by molar-refractivity contribution is -0.140. The van der Waals surface area contributed by atoms with Gasteiger partial charge in [0.05, 0.1) is 5.41 Å². The van der Waals surface area contributed by atoms with Gasteiger partial charge >= 0.3 is 0 Å². The first-order chi connectivity index (χ1) is 11.6. The van der Waals surface area contributed by atoms with Crippen LogP contribution in [0, 0.1) is 17.7 Å². The highest BCUT2D eigenvalue weighted by Crippen LogP contribution is 2.42. The molecule has 1 amide bonds. The van der Waals surface area contributed by atoms with Crippen molar-refractivity contribution in [1.29, 1.82) is 0 Å². The molecule has 2 heterocycles. The Balaban J connectivity index is 0.00000182. The Hall–Kier alpha value is -1.17. The SMILES string of the molecule is Cl.NC1CCC2CN(C(=O)C3(c4ccc(F)cc4)CCOCC3)CC12. The summed E-state index contributed by atoms with van der Waals surface area (Å²) in [6.07, 6.45) is 3.53. The monoisotopic (exact) mass is 368 g/mol. The first kappa shape index (κ1) is 18.6. The second-order valence-electron chi connectivity index (χ2n) is 7.58. The van der Waals surface area contributed by atoms with Crippen molar-refractivity contribution in [2.45, 2.75) is 37.1 Å². The van der Waals surface area contributed by atoms with Gasteiger partial charge in [-0.05, 0) is 55.2 Å². The first-order valence-electron chi connectivity index (χ1n) is 8.99. The number of fused-ring (bicyclic) bond motifs is 1. The van der Waals surface area contributed by atoms with Gasteiger partial charge in [0.1, 0.15) is 5.82 Å². The van der Waals surface area contributed by atoms with Crippen LogP contribution in [-0.4, -0.2) is 43.2 Å². The topological polar surface area (TPSA) is 55.6 Å². The van der Waals surface area contributed by atoms with Crippen LogP contribution in [0.4, 0.5) is 4.39 Å². The average molecular weight is 369 g/mol. The van der Waals surface area contributed by atoms with Crippen LogP contribution in [0.15, 0.2) is 24.3 Å². The van der Waals surface area contributed by atoms with Crippen LogP contribution in [0.25, 0.3) is 0 Å². The molecule has 0 spiro atoms. The van der Waals surface area contributed by atoms with E-state index in [4.69, 9.17) is 10.5 Å². The molecule has 3 atom stereocenters. The highest BCUT2D eigenvalue weighted by atomic mass is 35.5. The Morgan fingerprint density at radius 3 is 2.48 bits per heavy atom. The highest BCUT2D eigenvalue weighted by molar-refractivity contribution is 5.88. The van der Waals surface area contributed by atoms with E-state index in [2.05, 4.69) is 0 Å². The molecular formula is C19H26ClFN2O2. The van der Waals surface area contributed by atoms with E-state index >= 15 is 0 Å². The van der Waals surface area contributed by atoms with Crippen molar-refractivity contribution in [3.8, 4) is 0 Å². The van der Waals surface area contributed by atoms with Gasteiger partial charge in [-0.1, -0.05) is 12.1 Å². The molecule has 0 bridgehead atoms. The zero-order chi connectivity index (χ0) is 16.7. The summed E-state index contributed by atoms with van der Waals surface area (Å²) in [6, 6.07) is 6.66. The summed E-state index contributed by atoms with van der Waals surface area (Å²) >= 11 is 0. The average Bonchev–Trinajstić information content (AvgIpc) is 3.18. The lowest BCUT2D eigenvalue weighted by atomic mass is 9.73. The van der Waals surface area contributed by atoms with E-state index in [0.29, 0.717) is 37.9 Å². The third-order valence-electron chi connectivity index (χ3n) is 6.35. The molecule has 6 heteroatoms. The van der Waals surface area contributed by atoms with Crippen molar-refractivity contribution < 1.29 is 13.9 Å². The molecule has 1 aromatic rings. The molecule has 3 fully saturated rings. The van der Waals surface area contributed by atoms with Gasteiger partial charge < -0.3 is 15.4 Å². The van der Waals surface area contributed by atoms with Crippen molar-refractivity contribution in [2.75, 3.05) is 26.3 Å². The Bertz CT molecular complexity index is 618. The molecule has 25 heavy (non-hydrogen) atoms. The summed E-state index contributed by atoms with van der Waals surface area (Å²) in [5, 5.41) is 0. The third kappa shape index (κ3) is 3.18. The van der Waals surface area contributed by atoms with Crippen molar-refractivity contribution >= 4 is 18.3 Å². The minimum absolute atomic E-state index is 0. The zero-order valence-electron chi connectivity index (χ0n) is 14.3. The number of rotatable bonds is 2. The Kier molecular flexibility index (Phi) is 5.37. The summed E-state index contributed by atoms with van der Waals surface area (Å²) in [5.41, 5.74) is 6.56. The Morgan fingerprint density at radius 2 is 1.84 bits per heavy atom. The summed E-state index contributed by atoms with van der Waals surface area (Å²) in [5.74, 6) is 0.905. The summed E-state index contributed by atoms with van der Waals surface area (Å²) in [6.45, 7) is 2.74. The Labute approximate surface area is 154 Å². The van der Waals surface area contributed by atoms with Gasteiger partial charge in [0.2, 0.25) is 5.91 Å². The molecular weight excluding hydrogens is 343 g/mol. The normalized spacial score (nSPS) is 30.6. The van der Waals surface area contributed by atoms with Gasteiger partial charge in [-0.25, -0.2) is 4.39 Å². The minimum Gasteiger partial charge on any atom is -0.381 e. The summed E-state index contributed by atoms with van der Waals surface area (Å²) in [4.78, 5) is 15.5. The largest absolute Gasteiger partial charge is 0.381 e. The number of carbonyl (C=O) groups is 1. The van der Waals surface area contributed by atoms with Gasteiger partial charge in [-0.15, -0.1) is 12.4 Å². The van der Waals surface area contributed by atoms with E-state index < -0.39 is 5.41 Å². The zero-order valence-corrected chi connectivity index (χ0v) is 15.1. The number of nitrogens with two attached hydrogens (primary N) is 1. The predicted molar refractivity (Wildman–Crippen MR) is 96.1 cm³/mol. The molecule has 2 saturated heterocycles. The fourth-order valence-corrected chi connectivity index (χ4v) is 4.89. The lowest BCUT2D eigenvalue weighted by Gasteiger charge is -2.39. The maximum atomic E-state index is 13.5. The number of benzene rings is 1. The van der Waals surface area contributed by atoms with E-state index in [1.54, 1.807) is 12.1 Å². The van der Waals surface area contributed by atoms with Crippen LogP contribution in [0.2, 0.25) is 0 Å². The molecule has 3 unspecified atom stereocenters. The second kappa shape index (κ2) is 7.22. The van der Waals surface area contributed by atoms with Gasteiger partial charge in [0.15, 0.2) is 0 Å². The van der Waals surface area contributed by atoms with Crippen LogP contribution in [0.3, 0.4) is 0 Å². The fraction of sp³-hybridized carbons (Fsp3) is 0.632. The Morgan fingerprint density at radius 1 is 1.16 bits per heavy atom. The lowest BCUT2D eigenvalue weighted by Crippen LogP contribution is -2.49. The van der Waals surface area contributed by atoms with Crippen molar-refractivity contribution in [1.82, 2.24) is 4.90 Å². The maximum Gasteiger partial charge on any atom is 0.233 e. The quantitative estimate of drug-likeness (QED) is 0.872. The van der Waals surface area contributed by atoms with Crippen LogP contribution in [-0.2, 0) is 14.9 Å². The highest BCUT2D eigenvalue weighted by Gasteiger charge is 2.49. The molecule has 1 aromatic carbocycles. The molecule has 0 aromatic heterocycles. The first-order valence-corrected chi connectivity index (χ1v) is 8.99. The van der Waals surface area contributed by atoms with Crippen molar-refractivity contribution in [3.05, 3.63) is 35.6 Å². The minimum atomic E-state index is -0.575. The van der Waals surface area contributed by atoms with Gasteiger partial charge in [0, 0.05) is 32.3 Å². The molecule has 1 aliphatic carbocycles. The number of hydrogen-bond donors (Lipinski definition) is 1. The number of carbonyl (C=O) groups excluding carboxylic acids is 1. The van der Waals surface area contributed by atoms with Gasteiger partial charge in [0.25, 0.3) is 0 Å². The van der Waals surface area contributed by atoms with E-state index in [1.165, 1.54) is 12.1 Å². The number of likely N-dealkylation sites (tertiary alicyclic amines) is 1. The van der Waals surface area contributed by atoms with E-state index in [1.807, 2.05) is 4.90 Å². The van der Waals surface area contributed by atoms with Gasteiger partial charge in [-0.2, -0.15) is 0 Å². The summed E-state index contributed by atoms with van der Waals surface area (Å²) in [7, 11) is 0. The number of ether oxygens (including phenoxy) is 1. The van der Waals surface area contributed by atoms with Crippen molar-refractivity contribution in [3.63, 3.8) is 0 Å². The second-order valence-corrected chi connectivity index (χ2v) is 7.58. The summed E-state index contributed by atoms with van der Waals surface area (Å²) < 4.78 is 18.9. The molecule has 4 rings (SSSR count). The molecule has 1 saturated carbocycles. The van der Waals surface area contributed by atoms with Crippen LogP contribution in [0.5, 0.6) is 0 Å². The molecule has 138 valence electrons. The maximum absolute atomic E-state index is 13.5. The molecule has 0 radical (unpaired) electrons. The fourth-order valence-electron chi connectivity index (χ4n) is 4.89. The number of hydrogen-bond acceptors (Lipinski definition) is 3. The molecule has 2 aliphatic heterocycles. The number of nitrogens with zero attached hydrogens (tertiary/aromatic N) is 1. The van der Waals surface area contributed by atoms with Crippen LogP contribution in [0.1, 0.15) is 31.2 Å². The van der Waals surface area contributed by atoms with Crippen molar-refractivity contribution in [2.24, 2.45) is 17.6 Å². The van der Waals surface area contributed by atoms with Gasteiger partial charge in [-0.3, -0.25) is 4.79 Å². The predicted octanol–water partition coefficient (Wildman–Crippen LogP) is 2.49. The van der Waals surface area contributed by atoms with Crippen LogP contribution < -0.4 is 5.73 Å². The number of halogens is 2. The third-order valence-corrected chi connectivity index (χ3v) is 6.35. The smallest absolute Gasteiger partial charge is 0.233 e.